The molecule has 2 aliphatic carbocycles. The molecule has 4 heterocycles. The third-order valence-electron chi connectivity index (χ3n) is 11.4. The van der Waals surface area contributed by atoms with Gasteiger partial charge in [0.1, 0.15) is 11.5 Å². The lowest BCUT2D eigenvalue weighted by Gasteiger charge is -2.34. The Labute approximate surface area is 342 Å². The molecule has 0 unspecified atom stereocenters. The van der Waals surface area contributed by atoms with Crippen LogP contribution in [0.1, 0.15) is 74.0 Å². The summed E-state index contributed by atoms with van der Waals surface area (Å²) in [7, 11) is 3.23. The van der Waals surface area contributed by atoms with E-state index in [0.29, 0.717) is 71.0 Å². The minimum absolute atomic E-state index is 0. The normalized spacial score (nSPS) is 22.1. The fourth-order valence-corrected chi connectivity index (χ4v) is 8.14. The third kappa shape index (κ3) is 12.2. The first-order chi connectivity index (χ1) is 28.1. The summed E-state index contributed by atoms with van der Waals surface area (Å²) < 4.78 is 30.6. The zero-order valence-electron chi connectivity index (χ0n) is 34.8. The molecule has 4 fully saturated rings. The number of rotatable bonds is 8. The summed E-state index contributed by atoms with van der Waals surface area (Å²) in [4.78, 5) is 55.9. The van der Waals surface area contributed by atoms with E-state index in [9.17, 15) is 19.2 Å². The Bertz CT molecular complexity index is 1990. The number of nitrogens with zero attached hydrogens (tertiary/aromatic N) is 3. The maximum Gasteiger partial charge on any atom is 0.326 e. The number of morpholine rings is 2. The fourth-order valence-electron chi connectivity index (χ4n) is 8.14. The number of fused-ring (bicyclic) bond motifs is 2. The molecule has 2 aliphatic heterocycles. The van der Waals surface area contributed by atoms with Crippen LogP contribution in [0.2, 0.25) is 0 Å². The molecule has 2 aromatic heterocycles. The van der Waals surface area contributed by atoms with Crippen LogP contribution in [0.25, 0.3) is 22.1 Å². The molecule has 0 radical (unpaired) electrons. The van der Waals surface area contributed by atoms with E-state index in [1.54, 1.807) is 25.7 Å². The van der Waals surface area contributed by atoms with Crippen LogP contribution in [0.4, 0.5) is 0 Å². The van der Waals surface area contributed by atoms with Crippen LogP contribution in [-0.2, 0) is 32.2 Å². The van der Waals surface area contributed by atoms with E-state index in [-0.39, 0.29) is 36.5 Å². The average molecular weight is 812 g/mol. The van der Waals surface area contributed by atoms with E-state index in [0.717, 1.165) is 98.4 Å². The summed E-state index contributed by atoms with van der Waals surface area (Å²) in [6, 6.07) is 11.2. The van der Waals surface area contributed by atoms with Gasteiger partial charge in [0, 0.05) is 58.7 Å². The number of methoxy groups -OCH3 is 2. The minimum Gasteiger partial charge on any atom is -0.497 e. The number of amides is 1. The molecule has 2 saturated heterocycles. The molecular weight excluding hydrogens is 745 g/mol. The van der Waals surface area contributed by atoms with Crippen molar-refractivity contribution in [3.63, 3.8) is 0 Å². The van der Waals surface area contributed by atoms with Crippen LogP contribution in [0.15, 0.2) is 46.0 Å². The molecule has 15 heteroatoms. The number of imidazole rings is 2. The van der Waals surface area contributed by atoms with Gasteiger partial charge in [0.25, 0.3) is 0 Å². The smallest absolute Gasteiger partial charge is 0.326 e. The Morgan fingerprint density at radius 3 is 1.55 bits per heavy atom. The molecule has 2 saturated carbocycles. The van der Waals surface area contributed by atoms with E-state index < -0.39 is 5.97 Å². The van der Waals surface area contributed by atoms with Crippen molar-refractivity contribution < 1.29 is 35.0 Å². The SMILES string of the molecule is C.C1COCCN1.COc1ccc2[nH]c(=O)n(CC3CCC(C(=O)N4CCOCC4)CC3)c2c1.COc1ccc2[nH]c(=O)n(CC3CCC(C(=O)O)CC3)c2c1.[2H]CC. The Balaban J connectivity index is 0.000000215. The lowest BCUT2D eigenvalue weighted by Crippen LogP contribution is -2.44. The number of carbonyl (C=O) groups is 2. The zero-order chi connectivity index (χ0) is 41.4. The van der Waals surface area contributed by atoms with Gasteiger partial charge >= 0.3 is 17.3 Å². The van der Waals surface area contributed by atoms with E-state index in [1.165, 1.54) is 0 Å². The molecule has 15 nitrogen and oxygen atoms in total. The second kappa shape index (κ2) is 23.1. The summed E-state index contributed by atoms with van der Waals surface area (Å²) in [6.45, 7) is 10.2. The van der Waals surface area contributed by atoms with Crippen molar-refractivity contribution in [3.8, 4) is 11.5 Å². The molecule has 58 heavy (non-hydrogen) atoms. The molecule has 0 spiro atoms. The van der Waals surface area contributed by atoms with Gasteiger partial charge in [-0.3, -0.25) is 18.7 Å². The summed E-state index contributed by atoms with van der Waals surface area (Å²) >= 11 is 0. The summed E-state index contributed by atoms with van der Waals surface area (Å²) in [5.74, 6) is 1.71. The predicted octanol–water partition coefficient (Wildman–Crippen LogP) is 5.50. The highest BCUT2D eigenvalue weighted by molar-refractivity contribution is 5.79. The van der Waals surface area contributed by atoms with Gasteiger partial charge in [-0.25, -0.2) is 9.59 Å². The standard InChI is InChI=1S/C20H27N3O4.C16H20N2O4.C4H9NO.C2H6.CH4/c1-26-16-6-7-17-18(12-16)23(20(25)21-17)13-14-2-4-15(5-3-14)19(24)22-8-10-27-11-9-22;1-22-12-6-7-13-14(8-12)18(16(21)17-13)9-10-2-4-11(5-3-10)15(19)20;1-3-6-4-2-5-1;1-2;/h6-7,12,14-15H,2-5,8-11,13H2,1H3,(H,21,25);6-8,10-11H,2-5,9H2,1H3,(H,17,21)(H,19,20);5H,1-4H2;1-2H3;1H4/i;;;1D;. The number of aromatic amines is 2. The van der Waals surface area contributed by atoms with Gasteiger partial charge in [-0.05, 0) is 87.5 Å². The highest BCUT2D eigenvalue weighted by Crippen LogP contribution is 2.33. The van der Waals surface area contributed by atoms with Crippen molar-refractivity contribution in [2.75, 3.05) is 66.8 Å². The molecule has 4 aromatic rings. The Morgan fingerprint density at radius 2 is 1.17 bits per heavy atom. The van der Waals surface area contributed by atoms with E-state index in [2.05, 4.69) is 15.3 Å². The molecule has 322 valence electrons. The van der Waals surface area contributed by atoms with Crippen LogP contribution in [0, 0.1) is 23.7 Å². The number of ether oxygens (including phenoxy) is 4. The molecule has 0 bridgehead atoms. The summed E-state index contributed by atoms with van der Waals surface area (Å²) in [5.41, 5.74) is 3.14. The molecular formula is C43H66N6O9. The minimum atomic E-state index is -0.701. The van der Waals surface area contributed by atoms with E-state index >= 15 is 0 Å². The first kappa shape index (κ1) is 44.5. The quantitative estimate of drug-likeness (QED) is 0.177. The van der Waals surface area contributed by atoms with Crippen molar-refractivity contribution in [3.05, 3.63) is 57.4 Å². The highest BCUT2D eigenvalue weighted by Gasteiger charge is 2.31. The highest BCUT2D eigenvalue weighted by atomic mass is 16.5. The number of carboxylic acids is 1. The van der Waals surface area contributed by atoms with Crippen LogP contribution < -0.4 is 26.2 Å². The number of carboxylic acid groups (broad SMARTS) is 1. The Hall–Kier alpha value is -4.60. The lowest BCUT2D eigenvalue weighted by molar-refractivity contribution is -0.143. The van der Waals surface area contributed by atoms with Gasteiger partial charge < -0.3 is 44.2 Å². The van der Waals surface area contributed by atoms with Gasteiger partial charge in [0.05, 0.1) is 68.6 Å². The molecule has 1 amide bonds. The second-order valence-corrected chi connectivity index (χ2v) is 14.9. The van der Waals surface area contributed by atoms with Gasteiger partial charge in [-0.15, -0.1) is 0 Å². The predicted molar refractivity (Wildman–Crippen MR) is 226 cm³/mol. The second-order valence-electron chi connectivity index (χ2n) is 14.9. The van der Waals surface area contributed by atoms with Crippen molar-refractivity contribution in [2.45, 2.75) is 85.7 Å². The van der Waals surface area contributed by atoms with Gasteiger partial charge in [-0.2, -0.15) is 0 Å². The van der Waals surface area contributed by atoms with Gasteiger partial charge in [-0.1, -0.05) is 21.3 Å². The fraction of sp³-hybridized carbons (Fsp3) is 0.628. The summed E-state index contributed by atoms with van der Waals surface area (Å²) in [5, 5.41) is 12.2. The maximum atomic E-state index is 12.7. The van der Waals surface area contributed by atoms with Crippen LogP contribution in [-0.4, -0.2) is 108 Å². The number of aromatic nitrogens is 4. The first-order valence-corrected chi connectivity index (χ1v) is 20.4. The van der Waals surface area contributed by atoms with Crippen molar-refractivity contribution in [2.24, 2.45) is 23.7 Å². The Morgan fingerprint density at radius 1 is 0.741 bits per heavy atom. The number of hydrogen-bond acceptors (Lipinski definition) is 9. The Kier molecular flexibility index (Phi) is 17.7. The number of H-pyrrole nitrogens is 2. The monoisotopic (exact) mass is 811 g/mol. The molecule has 4 aliphatic rings. The summed E-state index contributed by atoms with van der Waals surface area (Å²) in [6.07, 6.45) is 6.84. The van der Waals surface area contributed by atoms with E-state index in [1.807, 2.05) is 45.9 Å². The number of hydrogen-bond donors (Lipinski definition) is 4. The number of nitrogens with one attached hydrogen (secondary N) is 3. The molecule has 2 aromatic carbocycles. The van der Waals surface area contributed by atoms with Crippen molar-refractivity contribution >= 4 is 33.9 Å². The number of benzene rings is 2. The zero-order valence-corrected chi connectivity index (χ0v) is 33.8. The van der Waals surface area contributed by atoms with Gasteiger partial charge in [0.2, 0.25) is 5.91 Å². The van der Waals surface area contributed by atoms with Gasteiger partial charge in [0.15, 0.2) is 0 Å². The largest absolute Gasteiger partial charge is 0.497 e. The topological polar surface area (TPSA) is 182 Å². The third-order valence-corrected chi connectivity index (χ3v) is 11.4. The average Bonchev–Trinajstić information content (AvgIpc) is 3.75. The van der Waals surface area contributed by atoms with Crippen LogP contribution in [0.5, 0.6) is 11.5 Å². The van der Waals surface area contributed by atoms with Crippen LogP contribution >= 0.6 is 0 Å². The number of aliphatic carboxylic acids is 1. The molecule has 8 rings (SSSR count). The van der Waals surface area contributed by atoms with Crippen molar-refractivity contribution in [1.82, 2.24) is 29.3 Å². The number of carbonyl (C=O) groups excluding carboxylic acids is 1. The van der Waals surface area contributed by atoms with Crippen molar-refractivity contribution in [1.29, 1.82) is 0 Å². The first-order valence-electron chi connectivity index (χ1n) is 21.1. The maximum absolute atomic E-state index is 12.7. The van der Waals surface area contributed by atoms with E-state index in [4.69, 9.17) is 25.4 Å². The van der Waals surface area contributed by atoms with Crippen LogP contribution in [0.3, 0.4) is 0 Å². The molecule has 4 N–H and O–H groups in total. The lowest BCUT2D eigenvalue weighted by atomic mass is 9.81. The molecule has 0 atom stereocenters.